The van der Waals surface area contributed by atoms with Crippen LogP contribution in [0.3, 0.4) is 0 Å². The second-order valence-electron chi connectivity index (χ2n) is 5.28. The van der Waals surface area contributed by atoms with E-state index in [0.29, 0.717) is 0 Å². The molecule has 0 bridgehead atoms. The van der Waals surface area contributed by atoms with Crippen LogP contribution in [0.2, 0.25) is 0 Å². The first kappa shape index (κ1) is 14.2. The third-order valence-corrected chi connectivity index (χ3v) is 4.85. The summed E-state index contributed by atoms with van der Waals surface area (Å²) in [5.74, 6) is 0.105. The van der Waals surface area contributed by atoms with Crippen molar-refractivity contribution < 1.29 is 4.79 Å². The highest BCUT2D eigenvalue weighted by molar-refractivity contribution is 7.13. The number of hydrogen-bond donors (Lipinski definition) is 1. The van der Waals surface area contributed by atoms with Crippen molar-refractivity contribution in [2.24, 2.45) is 0 Å². The molecule has 3 rings (SSSR count). The molecule has 1 aromatic heterocycles. The minimum Gasteiger partial charge on any atom is -0.328 e. The quantitative estimate of drug-likeness (QED) is 0.927. The van der Waals surface area contributed by atoms with E-state index in [0.717, 1.165) is 35.2 Å². The van der Waals surface area contributed by atoms with Crippen LogP contribution in [0.25, 0.3) is 0 Å². The first-order chi connectivity index (χ1) is 10.2. The maximum absolute atomic E-state index is 12.9. The highest BCUT2D eigenvalue weighted by Crippen LogP contribution is 2.27. The predicted molar refractivity (Wildman–Crippen MR) is 84.7 cm³/mol. The average molecular weight is 301 g/mol. The van der Waals surface area contributed by atoms with Crippen LogP contribution in [0.15, 0.2) is 30.3 Å². The highest BCUT2D eigenvalue weighted by Gasteiger charge is 2.30. The first-order valence-corrected chi connectivity index (χ1v) is 7.99. The Balaban J connectivity index is 1.91. The number of carbonyl (C=O) groups is 1. The lowest BCUT2D eigenvalue weighted by Gasteiger charge is -2.36. The van der Waals surface area contributed by atoms with Gasteiger partial charge in [0.1, 0.15) is 4.88 Å². The van der Waals surface area contributed by atoms with Crippen LogP contribution < -0.4 is 5.32 Å². The molecule has 1 aliphatic heterocycles. The van der Waals surface area contributed by atoms with E-state index in [9.17, 15) is 4.79 Å². The number of amides is 1. The number of thiazole rings is 1. The van der Waals surface area contributed by atoms with Crippen molar-refractivity contribution in [3.05, 3.63) is 51.5 Å². The summed E-state index contributed by atoms with van der Waals surface area (Å²) in [5.41, 5.74) is 2.02. The van der Waals surface area contributed by atoms with Crippen LogP contribution in [0, 0.1) is 13.8 Å². The van der Waals surface area contributed by atoms with Gasteiger partial charge in [0.15, 0.2) is 0 Å². The van der Waals surface area contributed by atoms with Crippen molar-refractivity contribution >= 4 is 17.2 Å². The summed E-state index contributed by atoms with van der Waals surface area (Å²) in [6.07, 6.45) is 0. The Morgan fingerprint density at radius 3 is 2.76 bits per heavy atom. The van der Waals surface area contributed by atoms with E-state index in [1.54, 1.807) is 0 Å². The lowest BCUT2D eigenvalue weighted by atomic mass is 10.0. The predicted octanol–water partition coefficient (Wildman–Crippen LogP) is 2.55. The molecule has 1 aromatic carbocycles. The highest BCUT2D eigenvalue weighted by atomic mass is 32.1. The maximum atomic E-state index is 12.9. The Bertz CT molecular complexity index is 638. The molecule has 0 unspecified atom stereocenters. The number of piperazine rings is 1. The van der Waals surface area contributed by atoms with Crippen molar-refractivity contribution in [1.29, 1.82) is 0 Å². The van der Waals surface area contributed by atoms with E-state index in [-0.39, 0.29) is 11.9 Å². The molecule has 5 heteroatoms. The van der Waals surface area contributed by atoms with Crippen molar-refractivity contribution in [3.63, 3.8) is 0 Å². The van der Waals surface area contributed by atoms with Gasteiger partial charge in [0, 0.05) is 19.6 Å². The van der Waals surface area contributed by atoms with Gasteiger partial charge in [-0.25, -0.2) is 4.98 Å². The number of rotatable bonds is 2. The molecule has 2 heterocycles. The fourth-order valence-corrected chi connectivity index (χ4v) is 3.66. The van der Waals surface area contributed by atoms with Gasteiger partial charge in [-0.1, -0.05) is 30.3 Å². The van der Waals surface area contributed by atoms with E-state index < -0.39 is 0 Å². The molecule has 1 fully saturated rings. The van der Waals surface area contributed by atoms with Gasteiger partial charge in [0.2, 0.25) is 0 Å². The normalized spacial score (nSPS) is 18.8. The monoisotopic (exact) mass is 301 g/mol. The lowest BCUT2D eigenvalue weighted by molar-refractivity contribution is 0.0638. The minimum atomic E-state index is 0.0919. The molecule has 21 heavy (non-hydrogen) atoms. The van der Waals surface area contributed by atoms with Gasteiger partial charge in [-0.3, -0.25) is 4.79 Å². The van der Waals surface area contributed by atoms with Crippen LogP contribution >= 0.6 is 11.3 Å². The number of aryl methyl sites for hydroxylation is 2. The van der Waals surface area contributed by atoms with Gasteiger partial charge >= 0.3 is 0 Å². The van der Waals surface area contributed by atoms with Crippen LogP contribution in [0.4, 0.5) is 0 Å². The van der Waals surface area contributed by atoms with Gasteiger partial charge in [-0.05, 0) is 19.4 Å². The van der Waals surface area contributed by atoms with Crippen molar-refractivity contribution in [1.82, 2.24) is 15.2 Å². The maximum Gasteiger partial charge on any atom is 0.266 e. The van der Waals surface area contributed by atoms with Crippen LogP contribution in [0.1, 0.15) is 32.0 Å². The van der Waals surface area contributed by atoms with Crippen molar-refractivity contribution in [3.8, 4) is 0 Å². The topological polar surface area (TPSA) is 45.2 Å². The molecule has 0 radical (unpaired) electrons. The second-order valence-corrected chi connectivity index (χ2v) is 6.48. The molecule has 1 amide bonds. The third-order valence-electron chi connectivity index (χ3n) is 3.79. The van der Waals surface area contributed by atoms with E-state index >= 15 is 0 Å². The summed E-state index contributed by atoms with van der Waals surface area (Å²) >= 11 is 1.49. The van der Waals surface area contributed by atoms with Crippen LogP contribution in [0.5, 0.6) is 0 Å². The van der Waals surface area contributed by atoms with Crippen molar-refractivity contribution in [2.45, 2.75) is 19.9 Å². The SMILES string of the molecule is Cc1nc(C)c(C(=O)N2CCNC[C@H]2c2ccccc2)s1. The molecule has 1 saturated heterocycles. The summed E-state index contributed by atoms with van der Waals surface area (Å²) in [7, 11) is 0. The number of nitrogens with one attached hydrogen (secondary N) is 1. The minimum absolute atomic E-state index is 0.0919. The molecule has 1 atom stereocenters. The molecule has 1 N–H and O–H groups in total. The van der Waals surface area contributed by atoms with Gasteiger partial charge in [0.25, 0.3) is 5.91 Å². The Labute approximate surface area is 128 Å². The molecule has 0 aliphatic carbocycles. The molecular weight excluding hydrogens is 282 g/mol. The van der Waals surface area contributed by atoms with E-state index in [2.05, 4.69) is 22.4 Å². The summed E-state index contributed by atoms with van der Waals surface area (Å²) < 4.78 is 0. The standard InChI is InChI=1S/C16H19N3OS/c1-11-15(21-12(2)18-11)16(20)19-9-8-17-10-14(19)13-6-4-3-5-7-13/h3-7,14,17H,8-10H2,1-2H3/t14-/m0/s1. The largest absolute Gasteiger partial charge is 0.328 e. The fourth-order valence-electron chi connectivity index (χ4n) is 2.78. The number of benzene rings is 1. The smallest absolute Gasteiger partial charge is 0.266 e. The first-order valence-electron chi connectivity index (χ1n) is 7.17. The zero-order valence-corrected chi connectivity index (χ0v) is 13.1. The van der Waals surface area contributed by atoms with E-state index in [4.69, 9.17) is 0 Å². The molecule has 2 aromatic rings. The second kappa shape index (κ2) is 5.95. The van der Waals surface area contributed by atoms with Gasteiger partial charge in [-0.2, -0.15) is 0 Å². The zero-order valence-electron chi connectivity index (χ0n) is 12.3. The molecule has 4 nitrogen and oxygen atoms in total. The van der Waals surface area contributed by atoms with Crippen LogP contribution in [-0.4, -0.2) is 35.4 Å². The Morgan fingerprint density at radius 1 is 1.33 bits per heavy atom. The summed E-state index contributed by atoms with van der Waals surface area (Å²) in [4.78, 5) is 20.0. The fraction of sp³-hybridized carbons (Fsp3) is 0.375. The molecule has 110 valence electrons. The van der Waals surface area contributed by atoms with Gasteiger partial charge < -0.3 is 10.2 Å². The van der Waals surface area contributed by atoms with Gasteiger partial charge in [0.05, 0.1) is 16.7 Å². The Hall–Kier alpha value is -1.72. The average Bonchev–Trinajstić information content (AvgIpc) is 2.86. The van der Waals surface area contributed by atoms with Gasteiger partial charge in [-0.15, -0.1) is 11.3 Å². The Morgan fingerprint density at radius 2 is 2.10 bits per heavy atom. The molecular formula is C16H19N3OS. The third kappa shape index (κ3) is 2.84. The number of nitrogens with zero attached hydrogens (tertiary/aromatic N) is 2. The van der Waals surface area contributed by atoms with E-state index in [1.807, 2.05) is 36.9 Å². The van der Waals surface area contributed by atoms with Crippen LogP contribution in [-0.2, 0) is 0 Å². The summed E-state index contributed by atoms with van der Waals surface area (Å²) in [5, 5.41) is 4.33. The zero-order chi connectivity index (χ0) is 14.8. The lowest BCUT2D eigenvalue weighted by Crippen LogP contribution is -2.48. The summed E-state index contributed by atoms with van der Waals surface area (Å²) in [6.45, 7) is 6.23. The number of aromatic nitrogens is 1. The Kier molecular flexibility index (Phi) is 4.03. The molecule has 0 saturated carbocycles. The summed E-state index contributed by atoms with van der Waals surface area (Å²) in [6, 6.07) is 10.3. The number of carbonyl (C=O) groups excluding carboxylic acids is 1. The van der Waals surface area contributed by atoms with Crippen molar-refractivity contribution in [2.75, 3.05) is 19.6 Å². The molecule has 0 spiro atoms. The molecule has 1 aliphatic rings. The van der Waals surface area contributed by atoms with E-state index in [1.165, 1.54) is 16.9 Å². The number of hydrogen-bond acceptors (Lipinski definition) is 4.